The molecule has 2 N–H and O–H groups in total. The largest absolute Gasteiger partial charge is 0.339 e. The van der Waals surface area contributed by atoms with Crippen LogP contribution in [0.1, 0.15) is 44.5 Å². The van der Waals surface area contributed by atoms with Crippen molar-refractivity contribution >= 4 is 23.0 Å². The van der Waals surface area contributed by atoms with Crippen LogP contribution in [0.3, 0.4) is 0 Å². The third-order valence-corrected chi connectivity index (χ3v) is 6.39. The monoisotopic (exact) mass is 444 g/mol. The number of benzene rings is 1. The van der Waals surface area contributed by atoms with E-state index in [0.717, 1.165) is 13.0 Å². The molecule has 0 radical (unpaired) electrons. The van der Waals surface area contributed by atoms with Crippen LogP contribution in [-0.4, -0.2) is 81.7 Å². The highest BCUT2D eigenvalue weighted by atomic mass is 16.2. The minimum absolute atomic E-state index is 0.0574. The Morgan fingerprint density at radius 1 is 1.19 bits per heavy atom. The van der Waals surface area contributed by atoms with Crippen molar-refractivity contribution < 1.29 is 9.59 Å². The third kappa shape index (κ3) is 4.31. The lowest BCUT2D eigenvalue weighted by Crippen LogP contribution is -2.56. The predicted molar refractivity (Wildman–Crippen MR) is 126 cm³/mol. The minimum Gasteiger partial charge on any atom is -0.339 e. The van der Waals surface area contributed by atoms with Gasteiger partial charge in [0.1, 0.15) is 0 Å². The molecule has 0 unspecified atom stereocenters. The Morgan fingerprint density at radius 2 is 1.88 bits per heavy atom. The summed E-state index contributed by atoms with van der Waals surface area (Å²) in [7, 11) is 1.97. The molecule has 1 aliphatic heterocycles. The number of carbonyl (C=O) groups is 2. The second kappa shape index (κ2) is 9.87. The van der Waals surface area contributed by atoms with E-state index < -0.39 is 5.69 Å². The summed E-state index contributed by atoms with van der Waals surface area (Å²) < 4.78 is 2.75. The van der Waals surface area contributed by atoms with Gasteiger partial charge in [-0.2, -0.15) is 0 Å². The summed E-state index contributed by atoms with van der Waals surface area (Å²) in [4.78, 5) is 45.5. The zero-order valence-electron chi connectivity index (χ0n) is 19.9. The van der Waals surface area contributed by atoms with Gasteiger partial charge in [0.25, 0.3) is 5.91 Å². The Balaban J connectivity index is 2.13. The molecule has 0 saturated carbocycles. The highest BCUT2D eigenvalue weighted by Crippen LogP contribution is 2.23. The number of rotatable bonds is 6. The van der Waals surface area contributed by atoms with Crippen LogP contribution in [0.15, 0.2) is 23.0 Å². The number of nitrogens with two attached hydrogens (primary N) is 1. The molecule has 9 heteroatoms. The van der Waals surface area contributed by atoms with E-state index in [9.17, 15) is 14.4 Å². The van der Waals surface area contributed by atoms with Crippen molar-refractivity contribution in [3.63, 3.8) is 0 Å². The quantitative estimate of drug-likeness (QED) is 0.733. The van der Waals surface area contributed by atoms with Gasteiger partial charge in [-0.25, -0.2) is 14.2 Å². The van der Waals surface area contributed by atoms with Crippen LogP contribution in [0.4, 0.5) is 4.79 Å². The van der Waals surface area contributed by atoms with E-state index in [4.69, 9.17) is 5.73 Å². The number of nitrogens with zero attached hydrogens (tertiary/aromatic N) is 5. The second-order valence-electron chi connectivity index (χ2n) is 8.81. The minimum atomic E-state index is -0.418. The average Bonchev–Trinajstić information content (AvgIpc) is 3.04. The van der Waals surface area contributed by atoms with Crippen molar-refractivity contribution in [2.75, 3.05) is 39.9 Å². The van der Waals surface area contributed by atoms with Crippen molar-refractivity contribution in [2.45, 2.75) is 46.7 Å². The molecule has 1 atom stereocenters. The molecule has 1 aliphatic rings. The fourth-order valence-corrected chi connectivity index (χ4v) is 4.58. The second-order valence-corrected chi connectivity index (χ2v) is 8.81. The van der Waals surface area contributed by atoms with E-state index in [0.29, 0.717) is 36.4 Å². The van der Waals surface area contributed by atoms with E-state index in [1.54, 1.807) is 28.0 Å². The highest BCUT2D eigenvalue weighted by molar-refractivity contribution is 5.99. The Bertz CT molecular complexity index is 1040. The predicted octanol–water partition coefficient (Wildman–Crippen LogP) is 1.83. The molecule has 0 bridgehead atoms. The first-order valence-electron chi connectivity index (χ1n) is 11.5. The molecule has 1 aromatic heterocycles. The van der Waals surface area contributed by atoms with Crippen molar-refractivity contribution in [3.8, 4) is 0 Å². The van der Waals surface area contributed by atoms with Gasteiger partial charge < -0.3 is 15.5 Å². The smallest absolute Gasteiger partial charge is 0.337 e. The first-order valence-corrected chi connectivity index (χ1v) is 11.5. The zero-order chi connectivity index (χ0) is 23.6. The van der Waals surface area contributed by atoms with Gasteiger partial charge >= 0.3 is 11.7 Å². The maximum absolute atomic E-state index is 13.7. The summed E-state index contributed by atoms with van der Waals surface area (Å²) in [6, 6.07) is 4.84. The summed E-state index contributed by atoms with van der Waals surface area (Å²) in [5, 5.41) is 0. The molecule has 1 aromatic carbocycles. The van der Waals surface area contributed by atoms with Crippen LogP contribution < -0.4 is 11.4 Å². The van der Waals surface area contributed by atoms with Gasteiger partial charge in [-0.15, -0.1) is 0 Å². The van der Waals surface area contributed by atoms with Crippen molar-refractivity contribution in [1.29, 1.82) is 0 Å². The number of amides is 2. The van der Waals surface area contributed by atoms with Gasteiger partial charge in [0, 0.05) is 44.3 Å². The molecule has 2 aromatic rings. The molecule has 2 heterocycles. The van der Waals surface area contributed by atoms with E-state index in [1.165, 1.54) is 9.13 Å². The lowest BCUT2D eigenvalue weighted by atomic mass is 9.98. The lowest BCUT2D eigenvalue weighted by molar-refractivity contribution is 0.0606. The Kier molecular flexibility index (Phi) is 7.40. The maximum Gasteiger partial charge on any atom is 0.337 e. The number of hydrogen-bond donors (Lipinski definition) is 1. The van der Waals surface area contributed by atoms with Gasteiger partial charge in [-0.3, -0.25) is 14.3 Å². The van der Waals surface area contributed by atoms with Crippen molar-refractivity contribution in [2.24, 2.45) is 11.7 Å². The maximum atomic E-state index is 13.7. The van der Waals surface area contributed by atoms with Crippen LogP contribution in [0, 0.1) is 5.92 Å². The molecule has 0 spiro atoms. The molecule has 176 valence electrons. The molecule has 3 rings (SSSR count). The highest BCUT2D eigenvalue weighted by Gasteiger charge is 2.34. The fourth-order valence-electron chi connectivity index (χ4n) is 4.58. The SMILES string of the molecule is CCN(CC)C(=O)c1ccc2c(c1)n(CCN)c(=O)n2C(=O)N1CN(C)CC[C@H]1C(C)C. The van der Waals surface area contributed by atoms with Crippen molar-refractivity contribution in [3.05, 3.63) is 34.2 Å². The van der Waals surface area contributed by atoms with Gasteiger partial charge in [0.05, 0.1) is 17.7 Å². The molecule has 2 amide bonds. The van der Waals surface area contributed by atoms with E-state index in [-0.39, 0.29) is 37.0 Å². The lowest BCUT2D eigenvalue weighted by Gasteiger charge is -2.41. The number of aromatic nitrogens is 2. The average molecular weight is 445 g/mol. The third-order valence-electron chi connectivity index (χ3n) is 6.39. The summed E-state index contributed by atoms with van der Waals surface area (Å²) in [5.74, 6) is 0.180. The molecular formula is C23H36N6O3. The number of imidazole rings is 1. The van der Waals surface area contributed by atoms with Crippen LogP contribution in [0.25, 0.3) is 11.0 Å². The van der Waals surface area contributed by atoms with Gasteiger partial charge in [0.2, 0.25) is 0 Å². The topological polar surface area (TPSA) is 96.8 Å². The summed E-state index contributed by atoms with van der Waals surface area (Å²) in [6.07, 6.45) is 0.860. The van der Waals surface area contributed by atoms with Crippen LogP contribution in [-0.2, 0) is 6.54 Å². The van der Waals surface area contributed by atoms with E-state index in [2.05, 4.69) is 18.7 Å². The van der Waals surface area contributed by atoms with Crippen LogP contribution in [0.2, 0.25) is 0 Å². The van der Waals surface area contributed by atoms with E-state index in [1.807, 2.05) is 20.9 Å². The summed E-state index contributed by atoms with van der Waals surface area (Å²) in [6.45, 7) is 11.2. The van der Waals surface area contributed by atoms with Crippen LogP contribution in [0.5, 0.6) is 0 Å². The molecular weight excluding hydrogens is 408 g/mol. The molecule has 32 heavy (non-hydrogen) atoms. The van der Waals surface area contributed by atoms with Gasteiger partial charge in [-0.05, 0) is 51.4 Å². The van der Waals surface area contributed by atoms with Gasteiger partial charge in [-0.1, -0.05) is 13.8 Å². The Labute approximate surface area is 189 Å². The number of hydrogen-bond acceptors (Lipinski definition) is 5. The molecule has 1 saturated heterocycles. The van der Waals surface area contributed by atoms with Gasteiger partial charge in [0.15, 0.2) is 0 Å². The molecule has 9 nitrogen and oxygen atoms in total. The van der Waals surface area contributed by atoms with E-state index >= 15 is 0 Å². The Hall–Kier alpha value is -2.65. The summed E-state index contributed by atoms with van der Waals surface area (Å²) >= 11 is 0. The normalized spacial score (nSPS) is 17.3. The summed E-state index contributed by atoms with van der Waals surface area (Å²) in [5.41, 5.74) is 6.90. The first-order chi connectivity index (χ1) is 15.2. The zero-order valence-corrected chi connectivity index (χ0v) is 19.9. The standard InChI is InChI=1S/C23H36N6O3/c1-6-26(7-2)21(30)17-8-9-19-20(14-17)27(13-11-24)22(31)29(19)23(32)28-15-25(5)12-10-18(28)16(3)4/h8-9,14,16,18H,6-7,10-13,15,24H2,1-5H3/t18-/m0/s1. The fraction of sp³-hybridized carbons (Fsp3) is 0.609. The molecule has 1 fully saturated rings. The number of fused-ring (bicyclic) bond motifs is 1. The van der Waals surface area contributed by atoms with Crippen molar-refractivity contribution in [1.82, 2.24) is 23.8 Å². The van der Waals surface area contributed by atoms with Crippen LogP contribution >= 0.6 is 0 Å². The molecule has 0 aliphatic carbocycles. The number of carbonyl (C=O) groups excluding carboxylic acids is 2. The first kappa shape index (κ1) is 24.0. The Morgan fingerprint density at radius 3 is 2.47 bits per heavy atom.